The largest absolute Gasteiger partial charge is 0.349 e. The lowest BCUT2D eigenvalue weighted by atomic mass is 10.1. The second-order valence-electron chi connectivity index (χ2n) is 3.46. The van der Waals surface area contributed by atoms with E-state index in [1.807, 2.05) is 29.9 Å². The Morgan fingerprint density at radius 1 is 1.47 bits per heavy atom. The quantitative estimate of drug-likeness (QED) is 0.811. The first-order valence-corrected chi connectivity index (χ1v) is 5.09. The van der Waals surface area contributed by atoms with Crippen molar-refractivity contribution in [2.24, 2.45) is 7.05 Å². The molecule has 0 aliphatic rings. The highest BCUT2D eigenvalue weighted by Crippen LogP contribution is 2.25. The molecule has 1 N–H and O–H groups in total. The highest BCUT2D eigenvalue weighted by Gasteiger charge is 2.04. The lowest BCUT2D eigenvalue weighted by molar-refractivity contribution is 0.0867. The number of hydrogen-bond donors (Lipinski definition) is 1. The van der Waals surface area contributed by atoms with Gasteiger partial charge in [-0.15, -0.1) is 0 Å². The van der Waals surface area contributed by atoms with Crippen LogP contribution in [-0.4, -0.2) is 11.7 Å². The molecule has 1 aromatic heterocycles. The van der Waals surface area contributed by atoms with Crippen molar-refractivity contribution < 1.29 is 4.84 Å². The van der Waals surface area contributed by atoms with E-state index in [0.29, 0.717) is 6.54 Å². The molecule has 0 fully saturated rings. The van der Waals surface area contributed by atoms with Crippen LogP contribution in [0.3, 0.4) is 0 Å². The van der Waals surface area contributed by atoms with E-state index in [2.05, 4.69) is 11.5 Å². The molecule has 0 aliphatic carbocycles. The maximum Gasteiger partial charge on any atom is 0.0661 e. The molecular weight excluding hydrogens is 212 g/mol. The van der Waals surface area contributed by atoms with E-state index in [1.54, 1.807) is 7.11 Å². The number of hydrogen-bond acceptors (Lipinski definition) is 2. The second kappa shape index (κ2) is 4.23. The van der Waals surface area contributed by atoms with Crippen LogP contribution in [-0.2, 0) is 18.4 Å². The predicted octanol–water partition coefficient (Wildman–Crippen LogP) is 2.48. The van der Waals surface area contributed by atoms with Gasteiger partial charge in [-0.3, -0.25) is 0 Å². The molecule has 0 bridgehead atoms. The number of rotatable bonds is 3. The topological polar surface area (TPSA) is 26.2 Å². The highest BCUT2D eigenvalue weighted by atomic mass is 35.5. The van der Waals surface area contributed by atoms with Crippen LogP contribution in [0.25, 0.3) is 10.9 Å². The van der Waals surface area contributed by atoms with E-state index in [9.17, 15) is 0 Å². The van der Waals surface area contributed by atoms with E-state index in [1.165, 1.54) is 5.56 Å². The lowest BCUT2D eigenvalue weighted by Gasteiger charge is -2.03. The molecule has 4 heteroatoms. The summed E-state index contributed by atoms with van der Waals surface area (Å²) in [4.78, 5) is 4.81. The molecule has 0 atom stereocenters. The minimum atomic E-state index is 0.690. The molecule has 0 amide bonds. The lowest BCUT2D eigenvalue weighted by Crippen LogP contribution is -2.10. The number of benzene rings is 1. The van der Waals surface area contributed by atoms with Crippen molar-refractivity contribution in [1.82, 2.24) is 10.0 Å². The number of aryl methyl sites for hydroxylation is 1. The minimum Gasteiger partial charge on any atom is -0.349 e. The average molecular weight is 225 g/mol. The maximum absolute atomic E-state index is 6.07. The number of hydroxylamine groups is 1. The monoisotopic (exact) mass is 224 g/mol. The summed E-state index contributed by atoms with van der Waals surface area (Å²) in [6, 6.07) is 6.18. The normalized spacial score (nSPS) is 11.1. The summed E-state index contributed by atoms with van der Waals surface area (Å²) >= 11 is 6.07. The Hall–Kier alpha value is -1.03. The van der Waals surface area contributed by atoms with Crippen LogP contribution < -0.4 is 5.48 Å². The zero-order valence-electron chi connectivity index (χ0n) is 8.75. The van der Waals surface area contributed by atoms with Gasteiger partial charge in [-0.25, -0.2) is 0 Å². The molecule has 0 aliphatic heterocycles. The zero-order valence-corrected chi connectivity index (χ0v) is 9.51. The Balaban J connectivity index is 2.41. The Morgan fingerprint density at radius 2 is 2.27 bits per heavy atom. The first-order valence-electron chi connectivity index (χ1n) is 4.71. The summed E-state index contributed by atoms with van der Waals surface area (Å²) in [5.74, 6) is 0. The van der Waals surface area contributed by atoms with Crippen LogP contribution in [0, 0.1) is 0 Å². The van der Waals surface area contributed by atoms with Gasteiger partial charge in [0.2, 0.25) is 0 Å². The fourth-order valence-corrected chi connectivity index (χ4v) is 1.95. The van der Waals surface area contributed by atoms with Gasteiger partial charge in [0.1, 0.15) is 0 Å². The first-order chi connectivity index (χ1) is 7.22. The summed E-state index contributed by atoms with van der Waals surface area (Å²) in [6.07, 6.45) is 1.92. The molecule has 1 aromatic carbocycles. The van der Waals surface area contributed by atoms with Crippen molar-refractivity contribution in [1.29, 1.82) is 0 Å². The number of aromatic nitrogens is 1. The van der Waals surface area contributed by atoms with Crippen LogP contribution in [0.15, 0.2) is 24.4 Å². The fraction of sp³-hybridized carbons (Fsp3) is 0.273. The van der Waals surface area contributed by atoms with E-state index >= 15 is 0 Å². The van der Waals surface area contributed by atoms with Crippen LogP contribution in [0.4, 0.5) is 0 Å². The summed E-state index contributed by atoms with van der Waals surface area (Å²) in [5.41, 5.74) is 5.12. The summed E-state index contributed by atoms with van der Waals surface area (Å²) < 4.78 is 2.02. The molecule has 2 rings (SSSR count). The molecule has 0 spiro atoms. The molecule has 0 saturated heterocycles. The molecule has 0 radical (unpaired) electrons. The van der Waals surface area contributed by atoms with E-state index in [4.69, 9.17) is 16.4 Å². The van der Waals surface area contributed by atoms with Gasteiger partial charge in [0, 0.05) is 30.7 Å². The third-order valence-electron chi connectivity index (χ3n) is 2.43. The van der Waals surface area contributed by atoms with Crippen molar-refractivity contribution in [3.05, 3.63) is 35.0 Å². The molecule has 80 valence electrons. The van der Waals surface area contributed by atoms with E-state index in [-0.39, 0.29) is 0 Å². The maximum atomic E-state index is 6.07. The Labute approximate surface area is 93.5 Å². The minimum absolute atomic E-state index is 0.690. The smallest absolute Gasteiger partial charge is 0.0661 e. The van der Waals surface area contributed by atoms with Gasteiger partial charge in [0.05, 0.1) is 12.1 Å². The predicted molar refractivity (Wildman–Crippen MR) is 61.8 cm³/mol. The number of nitrogens with zero attached hydrogens (tertiary/aromatic N) is 1. The van der Waals surface area contributed by atoms with Gasteiger partial charge in [-0.05, 0) is 11.6 Å². The third kappa shape index (κ3) is 2.00. The standard InChI is InChI=1S/C11H13ClN2O/c1-14-7-10(12)9-4-3-8(5-11(9)14)6-13-15-2/h3-5,7,13H,6H2,1-2H3. The first kappa shape index (κ1) is 10.5. The van der Waals surface area contributed by atoms with Crippen molar-refractivity contribution >= 4 is 22.5 Å². The van der Waals surface area contributed by atoms with Crippen molar-refractivity contribution in [2.75, 3.05) is 7.11 Å². The van der Waals surface area contributed by atoms with Gasteiger partial charge in [0.25, 0.3) is 0 Å². The Kier molecular flexibility index (Phi) is 2.95. The molecule has 0 saturated carbocycles. The van der Waals surface area contributed by atoms with Crippen LogP contribution in [0.1, 0.15) is 5.56 Å². The number of fused-ring (bicyclic) bond motifs is 1. The summed E-state index contributed by atoms with van der Waals surface area (Å²) in [7, 11) is 3.60. The molecule has 2 aromatic rings. The van der Waals surface area contributed by atoms with Gasteiger partial charge in [-0.1, -0.05) is 23.7 Å². The molecule has 1 heterocycles. The zero-order chi connectivity index (χ0) is 10.8. The SMILES string of the molecule is CONCc1ccc2c(Cl)cn(C)c2c1. The molecule has 15 heavy (non-hydrogen) atoms. The van der Waals surface area contributed by atoms with E-state index < -0.39 is 0 Å². The highest BCUT2D eigenvalue weighted by molar-refractivity contribution is 6.35. The van der Waals surface area contributed by atoms with Crippen molar-refractivity contribution in [2.45, 2.75) is 6.54 Å². The second-order valence-corrected chi connectivity index (χ2v) is 3.87. The summed E-state index contributed by atoms with van der Waals surface area (Å²) in [6.45, 7) is 0.690. The van der Waals surface area contributed by atoms with Crippen molar-refractivity contribution in [3.8, 4) is 0 Å². The van der Waals surface area contributed by atoms with Gasteiger partial charge in [-0.2, -0.15) is 5.48 Å². The Morgan fingerprint density at radius 3 is 3.00 bits per heavy atom. The molecule has 3 nitrogen and oxygen atoms in total. The number of nitrogens with one attached hydrogen (secondary N) is 1. The van der Waals surface area contributed by atoms with Crippen LogP contribution >= 0.6 is 11.6 Å². The third-order valence-corrected chi connectivity index (χ3v) is 2.73. The van der Waals surface area contributed by atoms with Crippen molar-refractivity contribution in [3.63, 3.8) is 0 Å². The van der Waals surface area contributed by atoms with Gasteiger partial charge >= 0.3 is 0 Å². The number of halogens is 1. The van der Waals surface area contributed by atoms with Crippen LogP contribution in [0.5, 0.6) is 0 Å². The average Bonchev–Trinajstić information content (AvgIpc) is 2.52. The van der Waals surface area contributed by atoms with Crippen LogP contribution in [0.2, 0.25) is 5.02 Å². The molecule has 0 unspecified atom stereocenters. The van der Waals surface area contributed by atoms with Gasteiger partial charge in [0.15, 0.2) is 0 Å². The fourth-order valence-electron chi connectivity index (χ4n) is 1.65. The van der Waals surface area contributed by atoms with E-state index in [0.717, 1.165) is 15.9 Å². The summed E-state index contributed by atoms with van der Waals surface area (Å²) in [5, 5.41) is 1.87. The van der Waals surface area contributed by atoms with Gasteiger partial charge < -0.3 is 9.40 Å². The Bertz CT molecular complexity index is 479. The molecular formula is C11H13ClN2O.